The highest BCUT2D eigenvalue weighted by molar-refractivity contribution is 14.1. The van der Waals surface area contributed by atoms with Crippen LogP contribution >= 0.6 is 22.6 Å². The molecule has 1 atom stereocenters. The van der Waals surface area contributed by atoms with Crippen molar-refractivity contribution in [3.05, 3.63) is 51.1 Å². The number of rotatable bonds is 5. The average molecular weight is 495 g/mol. The van der Waals surface area contributed by atoms with E-state index >= 15 is 0 Å². The number of methoxy groups -OCH3 is 2. The first-order chi connectivity index (χ1) is 13.3. The fourth-order valence-corrected chi connectivity index (χ4v) is 3.56. The van der Waals surface area contributed by atoms with Gasteiger partial charge in [0.05, 0.1) is 19.8 Å². The summed E-state index contributed by atoms with van der Waals surface area (Å²) in [7, 11) is 3.02. The summed E-state index contributed by atoms with van der Waals surface area (Å²) < 4.78 is 11.2. The van der Waals surface area contributed by atoms with E-state index in [2.05, 4.69) is 16.0 Å². The Morgan fingerprint density at radius 1 is 1.11 bits per heavy atom. The van der Waals surface area contributed by atoms with Crippen LogP contribution in [-0.2, 0) is 10.3 Å². The number of amides is 4. The maximum Gasteiger partial charge on any atom is 0.322 e. The Bertz CT molecular complexity index is 978. The van der Waals surface area contributed by atoms with Gasteiger partial charge in [0.15, 0.2) is 11.5 Å². The second-order valence-electron chi connectivity index (χ2n) is 6.26. The van der Waals surface area contributed by atoms with Crippen molar-refractivity contribution in [2.75, 3.05) is 19.5 Å². The van der Waals surface area contributed by atoms with E-state index in [0.29, 0.717) is 31.9 Å². The molecule has 146 valence electrons. The number of benzene rings is 2. The molecule has 0 aliphatic carbocycles. The minimum atomic E-state index is -1.20. The Morgan fingerprint density at radius 3 is 2.39 bits per heavy atom. The molecule has 0 radical (unpaired) electrons. The summed E-state index contributed by atoms with van der Waals surface area (Å²) in [4.78, 5) is 36.4. The van der Waals surface area contributed by atoms with Crippen LogP contribution in [0.1, 0.15) is 22.8 Å². The molecule has 2 aromatic rings. The van der Waals surface area contributed by atoms with Crippen molar-refractivity contribution >= 4 is 46.1 Å². The molecule has 2 aromatic carbocycles. The van der Waals surface area contributed by atoms with Gasteiger partial charge in [-0.15, -0.1) is 0 Å². The van der Waals surface area contributed by atoms with Gasteiger partial charge in [-0.1, -0.05) is 12.1 Å². The number of anilines is 1. The van der Waals surface area contributed by atoms with E-state index in [1.54, 1.807) is 43.3 Å². The van der Waals surface area contributed by atoms with E-state index in [1.807, 2.05) is 22.6 Å². The lowest BCUT2D eigenvalue weighted by atomic mass is 9.92. The third kappa shape index (κ3) is 3.61. The molecule has 3 N–H and O–H groups in total. The third-order valence-corrected chi connectivity index (χ3v) is 5.35. The number of ether oxygens (including phenoxy) is 2. The highest BCUT2D eigenvalue weighted by Crippen LogP contribution is 2.32. The number of carbonyl (C=O) groups is 3. The van der Waals surface area contributed by atoms with E-state index in [4.69, 9.17) is 9.47 Å². The molecule has 1 saturated heterocycles. The molecule has 9 heteroatoms. The molecule has 1 heterocycles. The zero-order valence-corrected chi connectivity index (χ0v) is 17.5. The summed E-state index contributed by atoms with van der Waals surface area (Å²) >= 11 is 2.05. The Hall–Kier alpha value is -2.82. The summed E-state index contributed by atoms with van der Waals surface area (Å²) in [6.45, 7) is 1.60. The van der Waals surface area contributed by atoms with E-state index in [0.717, 1.165) is 0 Å². The lowest BCUT2D eigenvalue weighted by Crippen LogP contribution is -2.40. The molecule has 1 aliphatic rings. The number of urea groups is 1. The fourth-order valence-electron chi connectivity index (χ4n) is 2.88. The first-order valence-corrected chi connectivity index (χ1v) is 9.33. The van der Waals surface area contributed by atoms with Crippen LogP contribution < -0.4 is 25.4 Å². The van der Waals surface area contributed by atoms with E-state index in [1.165, 1.54) is 14.2 Å². The number of carbonyl (C=O) groups excluding carboxylic acids is 3. The van der Waals surface area contributed by atoms with Crippen LogP contribution in [-0.4, -0.2) is 32.1 Å². The molecule has 0 bridgehead atoms. The van der Waals surface area contributed by atoms with E-state index in [-0.39, 0.29) is 5.91 Å². The summed E-state index contributed by atoms with van der Waals surface area (Å²) in [5.74, 6) is 0.184. The van der Waals surface area contributed by atoms with Crippen LogP contribution in [0.4, 0.5) is 10.5 Å². The maximum atomic E-state index is 12.8. The van der Waals surface area contributed by atoms with Crippen molar-refractivity contribution in [1.82, 2.24) is 10.6 Å². The SMILES string of the molecule is COc1cc(I)c(C(=O)Nc2cccc(C3(C)NC(=O)NC3=O)c2)cc1OC. The molecule has 28 heavy (non-hydrogen) atoms. The zero-order valence-electron chi connectivity index (χ0n) is 15.4. The Kier molecular flexibility index (Phi) is 5.45. The maximum absolute atomic E-state index is 12.8. The summed E-state index contributed by atoms with van der Waals surface area (Å²) in [6.07, 6.45) is 0. The Morgan fingerprint density at radius 2 is 1.79 bits per heavy atom. The fraction of sp³-hybridized carbons (Fsp3) is 0.211. The number of hydrogen-bond acceptors (Lipinski definition) is 5. The van der Waals surface area contributed by atoms with Gasteiger partial charge in [0.1, 0.15) is 5.54 Å². The molecule has 0 saturated carbocycles. The quantitative estimate of drug-likeness (QED) is 0.437. The van der Waals surface area contributed by atoms with Gasteiger partial charge in [0, 0.05) is 9.26 Å². The second-order valence-corrected chi connectivity index (χ2v) is 7.42. The third-order valence-electron chi connectivity index (χ3n) is 4.46. The number of hydrogen-bond donors (Lipinski definition) is 3. The lowest BCUT2D eigenvalue weighted by Gasteiger charge is -2.21. The summed E-state index contributed by atoms with van der Waals surface area (Å²) in [6, 6.07) is 9.52. The Balaban J connectivity index is 1.88. The normalized spacial score (nSPS) is 18.3. The van der Waals surface area contributed by atoms with Gasteiger partial charge in [0.25, 0.3) is 11.8 Å². The van der Waals surface area contributed by atoms with E-state index in [9.17, 15) is 14.4 Å². The van der Waals surface area contributed by atoms with Crippen LogP contribution in [0, 0.1) is 3.57 Å². The van der Waals surface area contributed by atoms with Crippen molar-refractivity contribution in [2.24, 2.45) is 0 Å². The number of nitrogens with one attached hydrogen (secondary N) is 3. The molecule has 8 nitrogen and oxygen atoms in total. The topological polar surface area (TPSA) is 106 Å². The Labute approximate surface area is 175 Å². The van der Waals surface area contributed by atoms with Gasteiger partial charge in [0.2, 0.25) is 0 Å². The molecule has 3 rings (SSSR count). The predicted molar refractivity (Wildman–Crippen MR) is 111 cm³/mol. The minimum absolute atomic E-state index is 0.340. The van der Waals surface area contributed by atoms with Crippen LogP contribution in [0.2, 0.25) is 0 Å². The number of imide groups is 1. The second kappa shape index (κ2) is 7.66. The van der Waals surface area contributed by atoms with Crippen molar-refractivity contribution in [3.8, 4) is 11.5 Å². The van der Waals surface area contributed by atoms with Gasteiger partial charge >= 0.3 is 6.03 Å². The highest BCUT2D eigenvalue weighted by atomic mass is 127. The number of halogens is 1. The molecule has 0 aromatic heterocycles. The molecule has 1 fully saturated rings. The van der Waals surface area contributed by atoms with Gasteiger partial charge in [-0.3, -0.25) is 14.9 Å². The van der Waals surface area contributed by atoms with Crippen LogP contribution in [0.5, 0.6) is 11.5 Å². The largest absolute Gasteiger partial charge is 0.493 e. The minimum Gasteiger partial charge on any atom is -0.493 e. The summed E-state index contributed by atoms with van der Waals surface area (Å²) in [5, 5.41) is 7.63. The first kappa shape index (κ1) is 19.9. The summed E-state index contributed by atoms with van der Waals surface area (Å²) in [5.41, 5.74) is 0.260. The van der Waals surface area contributed by atoms with Crippen LogP contribution in [0.15, 0.2) is 36.4 Å². The van der Waals surface area contributed by atoms with Crippen molar-refractivity contribution in [2.45, 2.75) is 12.5 Å². The molecule has 1 aliphatic heterocycles. The van der Waals surface area contributed by atoms with Gasteiger partial charge in [-0.25, -0.2) is 4.79 Å². The monoisotopic (exact) mass is 495 g/mol. The molecule has 4 amide bonds. The van der Waals surface area contributed by atoms with Gasteiger partial charge < -0.3 is 20.1 Å². The van der Waals surface area contributed by atoms with E-state index < -0.39 is 17.5 Å². The molecule has 0 spiro atoms. The molecular weight excluding hydrogens is 477 g/mol. The molecular formula is C19H18IN3O5. The van der Waals surface area contributed by atoms with Crippen LogP contribution in [0.25, 0.3) is 0 Å². The standard InChI is InChI=1S/C19H18IN3O5/c1-19(17(25)22-18(26)23-19)10-5-4-6-11(7-10)21-16(24)12-8-14(27-2)15(28-3)9-13(12)20/h4-9H,1-3H3,(H,21,24)(H2,22,23,25,26). The molecule has 1 unspecified atom stereocenters. The average Bonchev–Trinajstić information content (AvgIpc) is 2.94. The first-order valence-electron chi connectivity index (χ1n) is 8.25. The van der Waals surface area contributed by atoms with Crippen molar-refractivity contribution < 1.29 is 23.9 Å². The highest BCUT2D eigenvalue weighted by Gasteiger charge is 2.43. The zero-order chi connectivity index (χ0) is 20.5. The van der Waals surface area contributed by atoms with Crippen molar-refractivity contribution in [3.63, 3.8) is 0 Å². The van der Waals surface area contributed by atoms with Crippen LogP contribution in [0.3, 0.4) is 0 Å². The smallest absolute Gasteiger partial charge is 0.322 e. The van der Waals surface area contributed by atoms with Gasteiger partial charge in [-0.2, -0.15) is 0 Å². The predicted octanol–water partition coefficient (Wildman–Crippen LogP) is 2.62. The van der Waals surface area contributed by atoms with Gasteiger partial charge in [-0.05, 0) is 59.3 Å². The lowest BCUT2D eigenvalue weighted by molar-refractivity contribution is -0.123. The van der Waals surface area contributed by atoms with Crippen molar-refractivity contribution in [1.29, 1.82) is 0 Å².